The number of thiazole rings is 1. The standard InChI is InChI=1S/C24H22N4O3S/c1-16-13-19(17(2)28(16)12-9-18-7-4-3-5-8-18)21(29)14-31-24(30)20-15-32-23(27-20)22-25-10-6-11-26-22/h3-8,10-11,13,15H,9,12,14H2,1-2H3. The van der Waals surface area contributed by atoms with Crippen LogP contribution in [-0.4, -0.2) is 37.9 Å². The molecular formula is C24H22N4O3S. The molecule has 0 bridgehead atoms. The van der Waals surface area contributed by atoms with E-state index in [1.807, 2.05) is 38.1 Å². The van der Waals surface area contributed by atoms with Gasteiger partial charge in [-0.25, -0.2) is 19.7 Å². The maximum atomic E-state index is 12.7. The number of hydrogen-bond donors (Lipinski definition) is 0. The number of aromatic nitrogens is 4. The zero-order valence-electron chi connectivity index (χ0n) is 17.8. The van der Waals surface area contributed by atoms with Gasteiger partial charge in [0.2, 0.25) is 5.78 Å². The average Bonchev–Trinajstić information content (AvgIpc) is 3.42. The van der Waals surface area contributed by atoms with Crippen molar-refractivity contribution in [2.45, 2.75) is 26.8 Å². The first-order valence-corrected chi connectivity index (χ1v) is 11.0. The highest BCUT2D eigenvalue weighted by Gasteiger charge is 2.19. The van der Waals surface area contributed by atoms with Gasteiger partial charge in [0.15, 0.2) is 23.1 Å². The minimum atomic E-state index is -0.644. The van der Waals surface area contributed by atoms with Crippen LogP contribution < -0.4 is 0 Å². The van der Waals surface area contributed by atoms with Gasteiger partial charge >= 0.3 is 5.97 Å². The van der Waals surface area contributed by atoms with Gasteiger partial charge in [0.05, 0.1) is 0 Å². The molecule has 0 saturated carbocycles. The van der Waals surface area contributed by atoms with E-state index >= 15 is 0 Å². The molecular weight excluding hydrogens is 424 g/mol. The average molecular weight is 447 g/mol. The van der Waals surface area contributed by atoms with Gasteiger partial charge in [-0.1, -0.05) is 30.3 Å². The molecule has 0 aliphatic carbocycles. The van der Waals surface area contributed by atoms with Gasteiger partial charge in [-0.15, -0.1) is 11.3 Å². The minimum Gasteiger partial charge on any atom is -0.453 e. The van der Waals surface area contributed by atoms with Crippen molar-refractivity contribution in [1.29, 1.82) is 0 Å². The van der Waals surface area contributed by atoms with Gasteiger partial charge in [0.25, 0.3) is 0 Å². The molecule has 8 heteroatoms. The van der Waals surface area contributed by atoms with E-state index in [4.69, 9.17) is 4.74 Å². The lowest BCUT2D eigenvalue weighted by Crippen LogP contribution is -2.15. The van der Waals surface area contributed by atoms with E-state index in [2.05, 4.69) is 31.7 Å². The van der Waals surface area contributed by atoms with Gasteiger partial charge < -0.3 is 9.30 Å². The van der Waals surface area contributed by atoms with Crippen molar-refractivity contribution < 1.29 is 14.3 Å². The molecule has 3 heterocycles. The van der Waals surface area contributed by atoms with Crippen LogP contribution >= 0.6 is 11.3 Å². The van der Waals surface area contributed by atoms with Crippen molar-refractivity contribution in [3.63, 3.8) is 0 Å². The topological polar surface area (TPSA) is 87.0 Å². The third-order valence-corrected chi connectivity index (χ3v) is 5.98. The summed E-state index contributed by atoms with van der Waals surface area (Å²) < 4.78 is 7.35. The van der Waals surface area contributed by atoms with E-state index in [9.17, 15) is 9.59 Å². The zero-order chi connectivity index (χ0) is 22.5. The summed E-state index contributed by atoms with van der Waals surface area (Å²) in [4.78, 5) is 37.6. The lowest BCUT2D eigenvalue weighted by Gasteiger charge is -2.10. The molecule has 162 valence electrons. The van der Waals surface area contributed by atoms with E-state index in [1.54, 1.807) is 23.8 Å². The van der Waals surface area contributed by atoms with Gasteiger partial charge in [-0.3, -0.25) is 4.79 Å². The van der Waals surface area contributed by atoms with Gasteiger partial charge in [-0.05, 0) is 38.0 Å². The Bertz CT molecular complexity index is 1230. The molecule has 0 spiro atoms. The highest BCUT2D eigenvalue weighted by atomic mass is 32.1. The molecule has 1 aromatic carbocycles. The zero-order valence-corrected chi connectivity index (χ0v) is 18.6. The SMILES string of the molecule is Cc1cc(C(=O)COC(=O)c2csc(-c3ncccn3)n2)c(C)n1CCc1ccccc1. The maximum Gasteiger partial charge on any atom is 0.358 e. The number of carbonyl (C=O) groups is 2. The molecule has 4 rings (SSSR count). The smallest absolute Gasteiger partial charge is 0.358 e. The molecule has 0 saturated heterocycles. The quantitative estimate of drug-likeness (QED) is 0.296. The Morgan fingerprint density at radius 2 is 1.81 bits per heavy atom. The predicted octanol–water partition coefficient (Wildman–Crippen LogP) is 4.30. The number of aryl methyl sites for hydroxylation is 2. The van der Waals surface area contributed by atoms with Crippen molar-refractivity contribution in [3.05, 3.63) is 88.4 Å². The molecule has 3 aromatic heterocycles. The fourth-order valence-corrected chi connectivity index (χ4v) is 4.21. The Morgan fingerprint density at radius 3 is 2.56 bits per heavy atom. The molecule has 32 heavy (non-hydrogen) atoms. The van der Waals surface area contributed by atoms with Crippen LogP contribution in [0.1, 0.15) is 37.8 Å². The summed E-state index contributed by atoms with van der Waals surface area (Å²) in [6.07, 6.45) is 4.09. The maximum absolute atomic E-state index is 12.7. The normalized spacial score (nSPS) is 10.8. The largest absolute Gasteiger partial charge is 0.453 e. The van der Waals surface area contributed by atoms with E-state index in [0.29, 0.717) is 16.4 Å². The number of hydrogen-bond acceptors (Lipinski definition) is 7. The second-order valence-electron chi connectivity index (χ2n) is 7.28. The number of esters is 1. The molecule has 0 N–H and O–H groups in total. The van der Waals surface area contributed by atoms with E-state index in [-0.39, 0.29) is 18.1 Å². The van der Waals surface area contributed by atoms with Crippen molar-refractivity contribution in [3.8, 4) is 10.8 Å². The summed E-state index contributed by atoms with van der Waals surface area (Å²) in [5.74, 6) is -0.440. The first-order chi connectivity index (χ1) is 15.5. The van der Waals surface area contributed by atoms with Crippen molar-refractivity contribution in [2.24, 2.45) is 0 Å². The molecule has 0 aliphatic rings. The van der Waals surface area contributed by atoms with E-state index < -0.39 is 5.97 Å². The highest BCUT2D eigenvalue weighted by Crippen LogP contribution is 2.21. The Kier molecular flexibility index (Phi) is 6.51. The third kappa shape index (κ3) is 4.81. The van der Waals surface area contributed by atoms with Crippen molar-refractivity contribution in [1.82, 2.24) is 19.5 Å². The van der Waals surface area contributed by atoms with Crippen LogP contribution in [0.5, 0.6) is 0 Å². The molecule has 0 radical (unpaired) electrons. The molecule has 0 atom stereocenters. The van der Waals surface area contributed by atoms with Gasteiger partial charge in [-0.2, -0.15) is 0 Å². The Morgan fingerprint density at radius 1 is 1.06 bits per heavy atom. The minimum absolute atomic E-state index is 0.138. The highest BCUT2D eigenvalue weighted by molar-refractivity contribution is 7.13. The number of carbonyl (C=O) groups excluding carboxylic acids is 2. The molecule has 0 fully saturated rings. The summed E-state index contributed by atoms with van der Waals surface area (Å²) in [7, 11) is 0. The van der Waals surface area contributed by atoms with E-state index in [1.165, 1.54) is 16.9 Å². The van der Waals surface area contributed by atoms with Gasteiger partial charge in [0, 0.05) is 41.3 Å². The van der Waals surface area contributed by atoms with Crippen LogP contribution in [0.15, 0.2) is 60.2 Å². The molecule has 4 aromatic rings. The predicted molar refractivity (Wildman–Crippen MR) is 122 cm³/mol. The van der Waals surface area contributed by atoms with Crippen LogP contribution in [0.3, 0.4) is 0 Å². The van der Waals surface area contributed by atoms with Crippen LogP contribution in [0, 0.1) is 13.8 Å². The number of rotatable bonds is 8. The number of nitrogens with zero attached hydrogens (tertiary/aromatic N) is 4. The Labute approximate surface area is 189 Å². The third-order valence-electron chi connectivity index (χ3n) is 5.15. The lowest BCUT2D eigenvalue weighted by atomic mass is 10.1. The fraction of sp³-hybridized carbons (Fsp3) is 0.208. The van der Waals surface area contributed by atoms with Crippen molar-refractivity contribution in [2.75, 3.05) is 6.61 Å². The Hall–Kier alpha value is -3.65. The summed E-state index contributed by atoms with van der Waals surface area (Å²) in [6, 6.07) is 13.8. The fourth-order valence-electron chi connectivity index (χ4n) is 3.48. The first-order valence-electron chi connectivity index (χ1n) is 10.2. The molecule has 0 aliphatic heterocycles. The van der Waals surface area contributed by atoms with Crippen LogP contribution in [0.4, 0.5) is 0 Å². The summed E-state index contributed by atoms with van der Waals surface area (Å²) in [5.41, 5.74) is 3.82. The molecule has 0 amide bonds. The number of benzene rings is 1. The summed E-state index contributed by atoms with van der Waals surface area (Å²) in [5, 5.41) is 2.10. The van der Waals surface area contributed by atoms with Gasteiger partial charge in [0.1, 0.15) is 0 Å². The lowest BCUT2D eigenvalue weighted by molar-refractivity contribution is 0.0469. The number of ketones is 1. The number of ether oxygens (including phenoxy) is 1. The summed E-state index contributed by atoms with van der Waals surface area (Å²) in [6.45, 7) is 4.33. The summed E-state index contributed by atoms with van der Waals surface area (Å²) >= 11 is 1.25. The van der Waals surface area contributed by atoms with E-state index in [0.717, 1.165) is 24.4 Å². The van der Waals surface area contributed by atoms with Crippen LogP contribution in [0.2, 0.25) is 0 Å². The monoisotopic (exact) mass is 446 g/mol. The van der Waals surface area contributed by atoms with Crippen LogP contribution in [0.25, 0.3) is 10.8 Å². The van der Waals surface area contributed by atoms with Crippen LogP contribution in [-0.2, 0) is 17.7 Å². The second-order valence-corrected chi connectivity index (χ2v) is 8.14. The molecule has 7 nitrogen and oxygen atoms in total. The van der Waals surface area contributed by atoms with Crippen molar-refractivity contribution >= 4 is 23.1 Å². The number of Topliss-reactive ketones (excluding diaryl/α,β-unsaturated/α-hetero) is 1. The first kappa shape index (κ1) is 21.6. The molecule has 0 unspecified atom stereocenters. The second kappa shape index (κ2) is 9.65. The Balaban J connectivity index is 1.38.